The van der Waals surface area contributed by atoms with Gasteiger partial charge in [-0.1, -0.05) is 175 Å². The minimum absolute atomic E-state index is 0. The maximum absolute atomic E-state index is 16.8. The zero-order valence-corrected chi connectivity index (χ0v) is 52.2. The van der Waals surface area contributed by atoms with Crippen molar-refractivity contribution in [2.75, 3.05) is 9.80 Å². The van der Waals surface area contributed by atoms with Gasteiger partial charge in [0, 0.05) is 72.5 Å². The monoisotopic (exact) mass is 1310 g/mol. The molecule has 2 aromatic heterocycles. The standard InChI is InChI=1S/C73H68F5N4O.Pt/c1-42(2)52-21-15-16-22-53(52)44-33-49(39-51(34-44)83-50-27-28-55-54-23-17-18-24-58(54)82(61(55)40-50)62-38-45(29-30-79-62)70(3,4)5)80-41-81(60-26-20-19-25-59(60)80)69-56(43-31-46(71(6,7)8)35-47(32-43)72(9,10)11)36-48(73(12,13)14)37-57(69)63-64(74)66(76)68(78)67(77)65(63)75;/h15-38,41-42H,1-14H3;/q-3;. The van der Waals surface area contributed by atoms with Crippen molar-refractivity contribution < 1.29 is 47.8 Å². The summed E-state index contributed by atoms with van der Waals surface area (Å²) >= 11 is 0. The number of hydrogen-bond donors (Lipinski definition) is 0. The molecule has 11 heteroatoms. The first-order valence-electron chi connectivity index (χ1n) is 28.2. The minimum atomic E-state index is -2.23. The average Bonchev–Trinajstić information content (AvgIpc) is 1.64. The Bertz CT molecular complexity index is 4150. The number of hydrogen-bond acceptors (Lipinski definition) is 4. The largest absolute Gasteiger partial charge is 0.509 e. The van der Waals surface area contributed by atoms with E-state index >= 15 is 22.0 Å². The zero-order chi connectivity index (χ0) is 59.4. The number of fused-ring (bicyclic) bond motifs is 4. The molecular formula is C73H68F5N4OPt-3. The molecule has 0 spiro atoms. The molecule has 1 aliphatic rings. The topological polar surface area (TPSA) is 33.5 Å². The molecular weight excluding hydrogens is 1240 g/mol. The second-order valence-electron chi connectivity index (χ2n) is 26.3. The Balaban J connectivity index is 0.00000786. The van der Waals surface area contributed by atoms with E-state index in [0.29, 0.717) is 45.3 Å². The van der Waals surface area contributed by atoms with E-state index in [1.165, 1.54) is 0 Å². The Morgan fingerprint density at radius 1 is 0.488 bits per heavy atom. The van der Waals surface area contributed by atoms with Gasteiger partial charge in [0.25, 0.3) is 0 Å². The number of aromatic nitrogens is 2. The Hall–Kier alpha value is -7.55. The molecule has 0 saturated heterocycles. The Kier molecular flexibility index (Phi) is 15.5. The summed E-state index contributed by atoms with van der Waals surface area (Å²) in [6.07, 6.45) is 1.84. The number of nitrogens with zero attached hydrogens (tertiary/aromatic N) is 4. The third kappa shape index (κ3) is 10.8. The summed E-state index contributed by atoms with van der Waals surface area (Å²) in [5, 5.41) is 2.02. The van der Waals surface area contributed by atoms with Crippen molar-refractivity contribution in [1.82, 2.24) is 9.55 Å². The van der Waals surface area contributed by atoms with Crippen LogP contribution in [0.15, 0.2) is 146 Å². The van der Waals surface area contributed by atoms with E-state index in [4.69, 9.17) is 9.72 Å². The first-order valence-corrected chi connectivity index (χ1v) is 28.2. The second kappa shape index (κ2) is 21.8. The number of halogens is 5. The van der Waals surface area contributed by atoms with Crippen LogP contribution in [0.25, 0.3) is 61.0 Å². The van der Waals surface area contributed by atoms with E-state index in [-0.39, 0.29) is 54.5 Å². The Morgan fingerprint density at radius 2 is 1.04 bits per heavy atom. The van der Waals surface area contributed by atoms with Crippen LogP contribution < -0.4 is 14.5 Å². The number of ether oxygens (including phenoxy) is 1. The second-order valence-corrected chi connectivity index (χ2v) is 26.3. The summed E-state index contributed by atoms with van der Waals surface area (Å²) in [6.45, 7) is 31.2. The summed E-state index contributed by atoms with van der Waals surface area (Å²) in [4.78, 5) is 8.61. The van der Waals surface area contributed by atoms with Gasteiger partial charge < -0.3 is 19.1 Å². The van der Waals surface area contributed by atoms with Gasteiger partial charge in [-0.25, -0.2) is 26.9 Å². The third-order valence-corrected chi connectivity index (χ3v) is 15.9. The molecule has 0 radical (unpaired) electrons. The SMILES string of the molecule is CC(C)c1ccccc1-c1cc(Oc2[c-]c3c(cc2)c2ccccc2n3-c2cc(C(C)(C)C)ccn2)[c-]c(N2[CH-]N(c3c(-c4cc(C(C)(C)C)cc(C(C)(C)C)c4)cc(C(C)(C)C)cc3-c3c(F)c(F)c(F)c(F)c3F)c3ccccc32)c1.[Pt]. The predicted molar refractivity (Wildman–Crippen MR) is 329 cm³/mol. The molecule has 0 amide bonds. The minimum Gasteiger partial charge on any atom is -0.509 e. The molecule has 5 nitrogen and oxygen atoms in total. The molecule has 1 aliphatic heterocycles. The fourth-order valence-corrected chi connectivity index (χ4v) is 11.1. The van der Waals surface area contributed by atoms with Crippen LogP contribution in [0.3, 0.4) is 0 Å². The number of rotatable bonds is 9. The predicted octanol–water partition coefficient (Wildman–Crippen LogP) is 21.0. The molecule has 84 heavy (non-hydrogen) atoms. The third-order valence-electron chi connectivity index (χ3n) is 15.9. The molecule has 0 aliphatic carbocycles. The quantitative estimate of drug-likeness (QED) is 0.0624. The first kappa shape index (κ1) is 59.6. The molecule has 10 aromatic rings. The fourth-order valence-electron chi connectivity index (χ4n) is 11.1. The fraction of sp³-hybridized carbons (Fsp3) is 0.260. The molecule has 0 bridgehead atoms. The number of pyridine rings is 1. The van der Waals surface area contributed by atoms with Gasteiger partial charge in [0.2, 0.25) is 5.82 Å². The molecule has 0 fully saturated rings. The normalized spacial score (nSPS) is 13.1. The Labute approximate surface area is 505 Å². The van der Waals surface area contributed by atoms with Crippen LogP contribution in [0, 0.1) is 47.9 Å². The molecule has 8 aromatic carbocycles. The van der Waals surface area contributed by atoms with Crippen LogP contribution in [0.2, 0.25) is 0 Å². The summed E-state index contributed by atoms with van der Waals surface area (Å²) in [5.74, 6) is -8.46. The van der Waals surface area contributed by atoms with Crippen molar-refractivity contribution in [3.63, 3.8) is 0 Å². The van der Waals surface area contributed by atoms with Gasteiger partial charge in [-0.3, -0.25) is 0 Å². The number of benzene rings is 8. The van der Waals surface area contributed by atoms with Crippen molar-refractivity contribution >= 4 is 44.6 Å². The van der Waals surface area contributed by atoms with E-state index in [9.17, 15) is 0 Å². The van der Waals surface area contributed by atoms with Crippen LogP contribution in [-0.4, -0.2) is 9.55 Å². The van der Waals surface area contributed by atoms with Crippen molar-refractivity contribution in [1.29, 1.82) is 0 Å². The van der Waals surface area contributed by atoms with Gasteiger partial charge in [-0.15, -0.1) is 53.6 Å². The van der Waals surface area contributed by atoms with Crippen LogP contribution in [0.4, 0.5) is 44.7 Å². The van der Waals surface area contributed by atoms with E-state index < -0.39 is 40.1 Å². The molecule has 11 rings (SSSR count). The maximum atomic E-state index is 16.8. The molecule has 0 N–H and O–H groups in total. The van der Waals surface area contributed by atoms with E-state index in [2.05, 4.69) is 141 Å². The summed E-state index contributed by atoms with van der Waals surface area (Å²) in [7, 11) is 0. The van der Waals surface area contributed by atoms with Gasteiger partial charge in [-0.2, -0.15) is 6.07 Å². The van der Waals surface area contributed by atoms with Crippen molar-refractivity contribution in [3.05, 3.63) is 221 Å². The maximum Gasteiger partial charge on any atom is 0.200 e. The summed E-state index contributed by atoms with van der Waals surface area (Å²) < 4.78 is 89.4. The van der Waals surface area contributed by atoms with Crippen LogP contribution in [0.5, 0.6) is 11.5 Å². The van der Waals surface area contributed by atoms with Gasteiger partial charge in [-0.05, 0) is 114 Å². The van der Waals surface area contributed by atoms with Crippen molar-refractivity contribution in [2.24, 2.45) is 0 Å². The van der Waals surface area contributed by atoms with Crippen LogP contribution in [0.1, 0.15) is 131 Å². The van der Waals surface area contributed by atoms with Gasteiger partial charge in [0.15, 0.2) is 23.3 Å². The smallest absolute Gasteiger partial charge is 0.200 e. The molecule has 0 saturated carbocycles. The van der Waals surface area contributed by atoms with Crippen LogP contribution >= 0.6 is 0 Å². The van der Waals surface area contributed by atoms with Crippen LogP contribution in [-0.2, 0) is 42.7 Å². The summed E-state index contributed by atoms with van der Waals surface area (Å²) in [6, 6.07) is 53.2. The van der Waals surface area contributed by atoms with E-state index in [1.54, 1.807) is 17.6 Å². The van der Waals surface area contributed by atoms with Gasteiger partial charge in [0.05, 0.1) is 5.56 Å². The van der Waals surface area contributed by atoms with Gasteiger partial charge >= 0.3 is 0 Å². The Morgan fingerprint density at radius 3 is 1.67 bits per heavy atom. The average molecular weight is 1310 g/mol. The van der Waals surface area contributed by atoms with Crippen molar-refractivity contribution in [3.8, 4) is 50.7 Å². The van der Waals surface area contributed by atoms with Gasteiger partial charge in [0.1, 0.15) is 5.82 Å². The number of para-hydroxylation sites is 3. The summed E-state index contributed by atoms with van der Waals surface area (Å²) in [5.41, 5.74) is 8.92. The molecule has 3 heterocycles. The molecule has 0 unspecified atom stereocenters. The first-order chi connectivity index (χ1) is 39.1. The zero-order valence-electron chi connectivity index (χ0n) is 49.9. The molecule has 434 valence electrons. The number of anilines is 4. The molecule has 0 atom stereocenters. The van der Waals surface area contributed by atoms with Crippen molar-refractivity contribution in [2.45, 2.75) is 125 Å². The van der Waals surface area contributed by atoms with E-state index in [0.717, 1.165) is 61.0 Å². The van der Waals surface area contributed by atoms with E-state index in [1.807, 2.05) is 117 Å².